The Bertz CT molecular complexity index is 1440. The molecule has 0 unspecified atom stereocenters. The highest BCUT2D eigenvalue weighted by Gasteiger charge is 2.38. The van der Waals surface area contributed by atoms with Crippen LogP contribution in [0.3, 0.4) is 0 Å². The first-order valence-corrected chi connectivity index (χ1v) is 16.9. The summed E-state index contributed by atoms with van der Waals surface area (Å²) in [5, 5.41) is 5.31. The summed E-state index contributed by atoms with van der Waals surface area (Å²) in [6.45, 7) is 11.2. The normalized spacial score (nSPS) is 17.6. The molecule has 2 N–H and O–H groups in total. The van der Waals surface area contributed by atoms with Crippen molar-refractivity contribution in [2.75, 3.05) is 26.2 Å². The van der Waals surface area contributed by atoms with Gasteiger partial charge in [-0.1, -0.05) is 24.3 Å². The number of ketones is 2. The molecule has 0 radical (unpaired) electrons. The Labute approximate surface area is 293 Å². The van der Waals surface area contributed by atoms with Gasteiger partial charge >= 0.3 is 12.2 Å². The summed E-state index contributed by atoms with van der Waals surface area (Å²) >= 11 is 0. The lowest BCUT2D eigenvalue weighted by Crippen LogP contribution is -2.48. The second-order valence-corrected chi connectivity index (χ2v) is 14.5. The Kier molecular flexibility index (Phi) is 12.3. The number of ether oxygens (including phenoxy) is 3. The highest BCUT2D eigenvalue weighted by molar-refractivity contribution is 6.01. The van der Waals surface area contributed by atoms with Crippen molar-refractivity contribution in [2.24, 2.45) is 0 Å². The van der Waals surface area contributed by atoms with Gasteiger partial charge in [0, 0.05) is 24.2 Å². The summed E-state index contributed by atoms with van der Waals surface area (Å²) in [6.07, 6.45) is 1.27. The van der Waals surface area contributed by atoms with Crippen molar-refractivity contribution < 1.29 is 43.0 Å². The number of nitrogens with one attached hydrogen (secondary N) is 2. The van der Waals surface area contributed by atoms with Gasteiger partial charge in [-0.3, -0.25) is 29.0 Å². The lowest BCUT2D eigenvalue weighted by molar-refractivity contribution is -0.125. The minimum absolute atomic E-state index is 0.201. The fraction of sp³-hybridized carbons (Fsp3) is 0.514. The monoisotopic (exact) mass is 692 g/mol. The molecule has 2 heterocycles. The topological polar surface area (TPSA) is 161 Å². The van der Waals surface area contributed by atoms with E-state index in [1.165, 1.54) is 9.80 Å². The Morgan fingerprint density at radius 1 is 0.640 bits per heavy atom. The first-order chi connectivity index (χ1) is 23.5. The molecule has 0 aromatic heterocycles. The van der Waals surface area contributed by atoms with E-state index in [0.717, 1.165) is 5.56 Å². The van der Waals surface area contributed by atoms with E-state index >= 15 is 0 Å². The van der Waals surface area contributed by atoms with Gasteiger partial charge in [0.2, 0.25) is 11.8 Å². The third kappa shape index (κ3) is 10.8. The Hall–Kier alpha value is -4.94. The van der Waals surface area contributed by atoms with Crippen LogP contribution in [0.1, 0.15) is 93.5 Å². The Balaban J connectivity index is 1.20. The van der Waals surface area contributed by atoms with Crippen molar-refractivity contribution >= 4 is 35.6 Å². The highest BCUT2D eigenvalue weighted by Crippen LogP contribution is 2.23. The molecule has 13 heteroatoms. The zero-order valence-corrected chi connectivity index (χ0v) is 29.7. The van der Waals surface area contributed by atoms with Gasteiger partial charge in [0.15, 0.2) is 11.6 Å². The highest BCUT2D eigenvalue weighted by atomic mass is 16.6. The fourth-order valence-electron chi connectivity index (χ4n) is 5.62. The predicted octanol–water partition coefficient (Wildman–Crippen LogP) is 4.66. The van der Waals surface area contributed by atoms with E-state index in [2.05, 4.69) is 10.6 Å². The molecule has 2 aromatic carbocycles. The lowest BCUT2D eigenvalue weighted by Gasteiger charge is -2.28. The Morgan fingerprint density at radius 2 is 1.04 bits per heavy atom. The van der Waals surface area contributed by atoms with Gasteiger partial charge < -0.3 is 24.8 Å². The number of rotatable bonds is 11. The molecule has 4 amide bonds. The largest absolute Gasteiger partial charge is 0.489 e. The smallest absolute Gasteiger partial charge is 0.410 e. The van der Waals surface area contributed by atoms with E-state index < -0.39 is 41.4 Å². The first kappa shape index (κ1) is 37.9. The van der Waals surface area contributed by atoms with Crippen molar-refractivity contribution in [1.29, 1.82) is 0 Å². The maximum absolute atomic E-state index is 12.8. The number of carbonyl (C=O) groups excluding carboxylic acids is 6. The molecular weight excluding hydrogens is 644 g/mol. The van der Waals surface area contributed by atoms with Crippen LogP contribution in [0.2, 0.25) is 0 Å². The molecule has 2 aliphatic heterocycles. The molecule has 2 aromatic rings. The average molecular weight is 693 g/mol. The maximum Gasteiger partial charge on any atom is 0.410 e. The molecule has 0 spiro atoms. The molecule has 13 nitrogen and oxygen atoms in total. The molecular formula is C37H48N4O9. The van der Waals surface area contributed by atoms with Crippen LogP contribution in [0.4, 0.5) is 9.59 Å². The van der Waals surface area contributed by atoms with Crippen molar-refractivity contribution in [3.63, 3.8) is 0 Å². The van der Waals surface area contributed by atoms with Crippen molar-refractivity contribution in [3.8, 4) is 5.75 Å². The third-order valence-electron chi connectivity index (χ3n) is 8.07. The maximum atomic E-state index is 12.8. The van der Waals surface area contributed by atoms with Crippen LogP contribution >= 0.6 is 0 Å². The molecule has 270 valence electrons. The molecule has 0 aliphatic carbocycles. The van der Waals surface area contributed by atoms with E-state index in [4.69, 9.17) is 14.2 Å². The molecule has 0 bridgehead atoms. The van der Waals surface area contributed by atoms with Crippen molar-refractivity contribution in [3.05, 3.63) is 65.2 Å². The van der Waals surface area contributed by atoms with Gasteiger partial charge in [0.1, 0.15) is 35.6 Å². The standard InChI is InChI=1S/C37H48N4O9/c1-36(2,3)49-34(46)40-19-7-9-28(40)32(44)38-21-30(42)25-13-11-24(12-14-25)23-48-27-17-15-26(16-18-27)31(43)22-39-33(45)29-10-8-20-41(29)35(47)50-37(4,5)6/h11-18,28-29H,7-10,19-23H2,1-6H3,(H,38,44)(H,39,45)/t28-,29-/m0/s1. The second-order valence-electron chi connectivity index (χ2n) is 14.5. The molecule has 2 aliphatic rings. The van der Waals surface area contributed by atoms with E-state index in [-0.39, 0.29) is 37.2 Å². The minimum atomic E-state index is -0.679. The van der Waals surface area contributed by atoms with Gasteiger partial charge in [-0.15, -0.1) is 0 Å². The van der Waals surface area contributed by atoms with Crippen molar-refractivity contribution in [1.82, 2.24) is 20.4 Å². The van der Waals surface area contributed by atoms with Gasteiger partial charge in [-0.25, -0.2) is 9.59 Å². The number of amides is 4. The summed E-state index contributed by atoms with van der Waals surface area (Å²) in [5.74, 6) is -0.811. The summed E-state index contributed by atoms with van der Waals surface area (Å²) in [5.41, 5.74) is 0.274. The number of hydrogen-bond donors (Lipinski definition) is 2. The molecule has 0 saturated carbocycles. The third-order valence-corrected chi connectivity index (χ3v) is 8.07. The van der Waals surface area contributed by atoms with Gasteiger partial charge in [-0.2, -0.15) is 0 Å². The number of benzene rings is 2. The number of carbonyl (C=O) groups is 6. The van der Waals surface area contributed by atoms with Gasteiger partial charge in [-0.05, 0) is 97.1 Å². The number of nitrogens with zero attached hydrogens (tertiary/aromatic N) is 2. The van der Waals surface area contributed by atoms with E-state index in [1.807, 2.05) is 0 Å². The minimum Gasteiger partial charge on any atom is -0.489 e. The van der Waals surface area contributed by atoms with Crippen LogP contribution in [0.5, 0.6) is 5.75 Å². The van der Waals surface area contributed by atoms with E-state index in [9.17, 15) is 28.8 Å². The number of Topliss-reactive ketones (excluding diaryl/α,β-unsaturated/α-hetero) is 2. The summed E-state index contributed by atoms with van der Waals surface area (Å²) in [6, 6.07) is 12.0. The second kappa shape index (κ2) is 16.2. The summed E-state index contributed by atoms with van der Waals surface area (Å²) < 4.78 is 16.7. The summed E-state index contributed by atoms with van der Waals surface area (Å²) in [7, 11) is 0. The zero-order valence-electron chi connectivity index (χ0n) is 29.7. The molecule has 2 saturated heterocycles. The van der Waals surface area contributed by atoms with Crippen LogP contribution < -0.4 is 15.4 Å². The van der Waals surface area contributed by atoms with Crippen LogP contribution in [-0.4, -0.2) is 94.8 Å². The van der Waals surface area contributed by atoms with Crippen LogP contribution in [0.15, 0.2) is 48.5 Å². The quantitative estimate of drug-likeness (QED) is 0.319. The lowest BCUT2D eigenvalue weighted by atomic mass is 10.1. The van der Waals surface area contributed by atoms with Crippen LogP contribution in [-0.2, 0) is 25.7 Å². The molecule has 4 rings (SSSR count). The fourth-order valence-corrected chi connectivity index (χ4v) is 5.62. The molecule has 50 heavy (non-hydrogen) atoms. The Morgan fingerprint density at radius 3 is 1.44 bits per heavy atom. The SMILES string of the molecule is CC(C)(C)OC(=O)N1CCC[C@H]1C(=O)NCC(=O)c1ccc(COc2ccc(C(=O)CNC(=O)[C@@H]3CCCN3C(=O)OC(C)(C)C)cc2)cc1. The number of hydrogen-bond acceptors (Lipinski definition) is 9. The number of likely N-dealkylation sites (tertiary alicyclic amines) is 2. The van der Waals surface area contributed by atoms with Crippen LogP contribution in [0, 0.1) is 0 Å². The molecule has 2 atom stereocenters. The van der Waals surface area contributed by atoms with Crippen LogP contribution in [0.25, 0.3) is 0 Å². The van der Waals surface area contributed by atoms with Gasteiger partial charge in [0.05, 0.1) is 13.1 Å². The summed E-state index contributed by atoms with van der Waals surface area (Å²) in [4.78, 5) is 78.9. The predicted molar refractivity (Wildman–Crippen MR) is 184 cm³/mol. The molecule has 2 fully saturated rings. The first-order valence-electron chi connectivity index (χ1n) is 16.9. The van der Waals surface area contributed by atoms with E-state index in [1.54, 1.807) is 90.1 Å². The average Bonchev–Trinajstić information content (AvgIpc) is 3.75. The van der Waals surface area contributed by atoms with E-state index in [0.29, 0.717) is 55.6 Å². The van der Waals surface area contributed by atoms with Crippen molar-refractivity contribution in [2.45, 2.75) is 97.1 Å². The van der Waals surface area contributed by atoms with Gasteiger partial charge in [0.25, 0.3) is 0 Å². The zero-order chi connectivity index (χ0) is 36.6.